The van der Waals surface area contributed by atoms with E-state index in [9.17, 15) is 28.5 Å². The van der Waals surface area contributed by atoms with Crippen molar-refractivity contribution in [1.29, 1.82) is 0 Å². The normalized spacial score (nSPS) is 10.8. The largest absolute Gasteiger partial charge is 0.452 e. The Hall–Kier alpha value is -3.34. The molecule has 0 aliphatic carbocycles. The van der Waals surface area contributed by atoms with Gasteiger partial charge in [0.1, 0.15) is 5.75 Å². The first-order valence-corrected chi connectivity index (χ1v) is 8.67. The SMILES string of the molecule is O=C(COC(=O)C=Cc1ccc(OC(F)F)cc1)Nc1ccc([N+](=O)[O-])cc1Br. The molecular formula is C18H13BrF2N2O6. The lowest BCUT2D eigenvalue weighted by atomic mass is 10.2. The average Bonchev–Trinajstić information content (AvgIpc) is 2.66. The fourth-order valence-corrected chi connectivity index (χ4v) is 2.48. The molecule has 0 saturated carbocycles. The Morgan fingerprint density at radius 2 is 1.90 bits per heavy atom. The van der Waals surface area contributed by atoms with Crippen molar-refractivity contribution in [2.75, 3.05) is 11.9 Å². The van der Waals surface area contributed by atoms with Gasteiger partial charge in [-0.3, -0.25) is 14.9 Å². The van der Waals surface area contributed by atoms with Gasteiger partial charge in [0.05, 0.1) is 10.6 Å². The Labute approximate surface area is 171 Å². The van der Waals surface area contributed by atoms with Crippen LogP contribution in [0.4, 0.5) is 20.2 Å². The lowest BCUT2D eigenvalue weighted by Gasteiger charge is -2.07. The van der Waals surface area contributed by atoms with Crippen molar-refractivity contribution in [3.8, 4) is 5.75 Å². The summed E-state index contributed by atoms with van der Waals surface area (Å²) in [6.07, 6.45) is 2.44. The molecule has 0 saturated heterocycles. The van der Waals surface area contributed by atoms with Gasteiger partial charge >= 0.3 is 12.6 Å². The van der Waals surface area contributed by atoms with E-state index in [1.165, 1.54) is 48.5 Å². The first-order valence-electron chi connectivity index (χ1n) is 7.88. The number of nitrogens with zero attached hydrogens (tertiary/aromatic N) is 1. The molecule has 0 aliphatic rings. The molecule has 0 aliphatic heterocycles. The number of esters is 1. The van der Waals surface area contributed by atoms with E-state index in [0.29, 0.717) is 10.0 Å². The summed E-state index contributed by atoms with van der Waals surface area (Å²) in [5, 5.41) is 13.1. The molecule has 1 amide bonds. The summed E-state index contributed by atoms with van der Waals surface area (Å²) in [6, 6.07) is 9.32. The highest BCUT2D eigenvalue weighted by atomic mass is 79.9. The predicted molar refractivity (Wildman–Crippen MR) is 102 cm³/mol. The number of non-ortho nitro benzene ring substituents is 1. The van der Waals surface area contributed by atoms with Crippen LogP contribution in [0.1, 0.15) is 5.56 Å². The zero-order valence-electron chi connectivity index (χ0n) is 14.5. The molecule has 11 heteroatoms. The number of anilines is 1. The number of rotatable bonds is 8. The third-order valence-corrected chi connectivity index (χ3v) is 3.96. The molecule has 0 radical (unpaired) electrons. The molecule has 2 aromatic rings. The zero-order valence-corrected chi connectivity index (χ0v) is 16.1. The van der Waals surface area contributed by atoms with Gasteiger partial charge in [-0.1, -0.05) is 12.1 Å². The summed E-state index contributed by atoms with van der Waals surface area (Å²) >= 11 is 3.10. The highest BCUT2D eigenvalue weighted by molar-refractivity contribution is 9.10. The van der Waals surface area contributed by atoms with Crippen molar-refractivity contribution in [3.63, 3.8) is 0 Å². The maximum Gasteiger partial charge on any atom is 0.387 e. The minimum atomic E-state index is -2.93. The predicted octanol–water partition coefficient (Wildman–Crippen LogP) is 4.15. The molecule has 0 spiro atoms. The van der Waals surface area contributed by atoms with Gasteiger partial charge in [-0.15, -0.1) is 0 Å². The number of alkyl halides is 2. The fourth-order valence-electron chi connectivity index (χ4n) is 2.01. The smallest absolute Gasteiger partial charge is 0.387 e. The standard InChI is InChI=1S/C18H13BrF2N2O6/c19-14-9-12(23(26)27)4-7-15(14)22-16(24)10-28-17(25)8-3-11-1-5-13(6-2-11)29-18(20)21/h1-9,18H,10H2,(H,22,24). The second kappa shape index (κ2) is 10.3. The number of halogens is 3. The van der Waals surface area contributed by atoms with E-state index in [4.69, 9.17) is 4.74 Å². The van der Waals surface area contributed by atoms with Gasteiger partial charge < -0.3 is 14.8 Å². The number of benzene rings is 2. The molecule has 0 atom stereocenters. The van der Waals surface area contributed by atoms with E-state index < -0.39 is 30.0 Å². The third kappa shape index (κ3) is 7.30. The Kier molecular flexibility index (Phi) is 7.78. The van der Waals surface area contributed by atoms with Crippen LogP contribution in [0.2, 0.25) is 0 Å². The second-order valence-corrected chi connectivity index (χ2v) is 6.21. The summed E-state index contributed by atoms with van der Waals surface area (Å²) in [4.78, 5) is 33.6. The molecule has 0 heterocycles. The molecule has 0 bridgehead atoms. The first kappa shape index (κ1) is 22.0. The molecular weight excluding hydrogens is 458 g/mol. The van der Waals surface area contributed by atoms with Crippen molar-refractivity contribution in [2.24, 2.45) is 0 Å². The first-order chi connectivity index (χ1) is 13.7. The number of ether oxygens (including phenoxy) is 2. The molecule has 2 aromatic carbocycles. The summed E-state index contributed by atoms with van der Waals surface area (Å²) in [5.41, 5.74) is 0.654. The van der Waals surface area contributed by atoms with Crippen LogP contribution in [0, 0.1) is 10.1 Å². The molecule has 0 fully saturated rings. The summed E-state index contributed by atoms with van der Waals surface area (Å²) in [6.45, 7) is -3.50. The van der Waals surface area contributed by atoms with Gasteiger partial charge in [-0.05, 0) is 45.8 Å². The van der Waals surface area contributed by atoms with Gasteiger partial charge in [0, 0.05) is 22.7 Å². The van der Waals surface area contributed by atoms with Crippen molar-refractivity contribution in [3.05, 3.63) is 68.7 Å². The van der Waals surface area contributed by atoms with Gasteiger partial charge in [0.15, 0.2) is 6.61 Å². The maximum atomic E-state index is 12.1. The topological polar surface area (TPSA) is 108 Å². The quantitative estimate of drug-likeness (QED) is 0.268. The monoisotopic (exact) mass is 470 g/mol. The Morgan fingerprint density at radius 3 is 2.48 bits per heavy atom. The fraction of sp³-hybridized carbons (Fsp3) is 0.111. The Bertz CT molecular complexity index is 934. The number of nitro groups is 1. The van der Waals surface area contributed by atoms with Crippen LogP contribution >= 0.6 is 15.9 Å². The van der Waals surface area contributed by atoms with Crippen molar-refractivity contribution < 1.29 is 32.8 Å². The average molecular weight is 471 g/mol. The number of nitrogens with one attached hydrogen (secondary N) is 1. The van der Waals surface area contributed by atoms with E-state index in [2.05, 4.69) is 26.0 Å². The van der Waals surface area contributed by atoms with Crippen LogP contribution in [0.3, 0.4) is 0 Å². The third-order valence-electron chi connectivity index (χ3n) is 3.30. The molecule has 29 heavy (non-hydrogen) atoms. The minimum Gasteiger partial charge on any atom is -0.452 e. The number of hydrogen-bond donors (Lipinski definition) is 1. The van der Waals surface area contributed by atoms with Crippen LogP contribution in [0.5, 0.6) is 5.75 Å². The van der Waals surface area contributed by atoms with Crippen LogP contribution in [-0.2, 0) is 14.3 Å². The molecule has 2 rings (SSSR count). The van der Waals surface area contributed by atoms with Crippen molar-refractivity contribution in [1.82, 2.24) is 0 Å². The number of carbonyl (C=O) groups excluding carboxylic acids is 2. The summed E-state index contributed by atoms with van der Waals surface area (Å²) < 4.78 is 33.4. The Balaban J connectivity index is 1.83. The van der Waals surface area contributed by atoms with Gasteiger partial charge in [-0.25, -0.2) is 4.79 Å². The zero-order chi connectivity index (χ0) is 21.4. The summed E-state index contributed by atoms with van der Waals surface area (Å²) in [5.74, 6) is -1.46. The maximum absolute atomic E-state index is 12.1. The Morgan fingerprint density at radius 1 is 1.21 bits per heavy atom. The van der Waals surface area contributed by atoms with E-state index >= 15 is 0 Å². The molecule has 1 N–H and O–H groups in total. The molecule has 8 nitrogen and oxygen atoms in total. The van der Waals surface area contributed by atoms with Crippen LogP contribution in [0.15, 0.2) is 53.0 Å². The number of amides is 1. The van der Waals surface area contributed by atoms with Crippen molar-refractivity contribution >= 4 is 45.3 Å². The van der Waals surface area contributed by atoms with Crippen LogP contribution in [-0.4, -0.2) is 30.0 Å². The molecule has 152 valence electrons. The highest BCUT2D eigenvalue weighted by Gasteiger charge is 2.12. The highest BCUT2D eigenvalue weighted by Crippen LogP contribution is 2.27. The molecule has 0 unspecified atom stereocenters. The van der Waals surface area contributed by atoms with E-state index in [1.807, 2.05) is 0 Å². The van der Waals surface area contributed by atoms with E-state index in [0.717, 1.165) is 6.08 Å². The summed E-state index contributed by atoms with van der Waals surface area (Å²) in [7, 11) is 0. The van der Waals surface area contributed by atoms with Crippen LogP contribution in [0.25, 0.3) is 6.08 Å². The van der Waals surface area contributed by atoms with Gasteiger partial charge in [-0.2, -0.15) is 8.78 Å². The number of carbonyl (C=O) groups is 2. The van der Waals surface area contributed by atoms with E-state index in [1.54, 1.807) is 0 Å². The van der Waals surface area contributed by atoms with Crippen molar-refractivity contribution in [2.45, 2.75) is 6.61 Å². The van der Waals surface area contributed by atoms with E-state index in [-0.39, 0.29) is 17.1 Å². The number of nitro benzene ring substituents is 1. The lowest BCUT2D eigenvalue weighted by Crippen LogP contribution is -2.20. The number of hydrogen-bond acceptors (Lipinski definition) is 6. The second-order valence-electron chi connectivity index (χ2n) is 5.36. The van der Waals surface area contributed by atoms with Crippen LogP contribution < -0.4 is 10.1 Å². The lowest BCUT2D eigenvalue weighted by molar-refractivity contribution is -0.384. The van der Waals surface area contributed by atoms with Gasteiger partial charge in [0.2, 0.25) is 0 Å². The van der Waals surface area contributed by atoms with Gasteiger partial charge in [0.25, 0.3) is 11.6 Å². The minimum absolute atomic E-state index is 0.0196. The molecule has 0 aromatic heterocycles.